The van der Waals surface area contributed by atoms with E-state index in [-0.39, 0.29) is 11.0 Å². The summed E-state index contributed by atoms with van der Waals surface area (Å²) in [4.78, 5) is 0. The lowest BCUT2D eigenvalue weighted by Crippen LogP contribution is -2.71. The maximum absolute atomic E-state index is 12.8. The van der Waals surface area contributed by atoms with Crippen molar-refractivity contribution in [3.63, 3.8) is 0 Å². The summed E-state index contributed by atoms with van der Waals surface area (Å²) >= 11 is 0. The van der Waals surface area contributed by atoms with Gasteiger partial charge in [0, 0.05) is 37.7 Å². The highest BCUT2D eigenvalue weighted by atomic mass is 32.2. The molecule has 1 spiro atoms. The minimum Gasteiger partial charge on any atom is -0.377 e. The van der Waals surface area contributed by atoms with E-state index < -0.39 is 26.9 Å². The van der Waals surface area contributed by atoms with Crippen LogP contribution in [0.4, 0.5) is 13.2 Å². The number of rotatable bonds is 4. The zero-order chi connectivity index (χ0) is 19.0. The molecule has 2 aliphatic heterocycles. The molecule has 0 amide bonds. The molecule has 1 N–H and O–H groups in total. The van der Waals surface area contributed by atoms with Crippen LogP contribution in [0.1, 0.15) is 25.5 Å². The van der Waals surface area contributed by atoms with Crippen molar-refractivity contribution >= 4 is 10.0 Å². The highest BCUT2D eigenvalue weighted by molar-refractivity contribution is 7.89. The van der Waals surface area contributed by atoms with Gasteiger partial charge in [0.1, 0.15) is 0 Å². The molecule has 1 saturated carbocycles. The van der Waals surface area contributed by atoms with Crippen LogP contribution in [0.5, 0.6) is 0 Å². The Labute approximate surface area is 149 Å². The second-order valence-electron chi connectivity index (χ2n) is 8.07. The van der Waals surface area contributed by atoms with E-state index in [0.29, 0.717) is 38.4 Å². The van der Waals surface area contributed by atoms with Crippen molar-refractivity contribution in [2.24, 2.45) is 12.5 Å². The first-order chi connectivity index (χ1) is 11.9. The Morgan fingerprint density at radius 3 is 2.38 bits per heavy atom. The summed E-state index contributed by atoms with van der Waals surface area (Å²) in [6.45, 7) is 4.14. The normalized spacial score (nSPS) is 25.6. The summed E-state index contributed by atoms with van der Waals surface area (Å²) in [6, 6.07) is 0.936. The van der Waals surface area contributed by atoms with Crippen LogP contribution >= 0.6 is 0 Å². The maximum Gasteiger partial charge on any atom is 0.435 e. The lowest BCUT2D eigenvalue weighted by molar-refractivity contribution is -0.141. The summed E-state index contributed by atoms with van der Waals surface area (Å²) in [5, 5.41) is 6.40. The number of hydrogen-bond acceptors (Lipinski definition) is 5. The predicted molar refractivity (Wildman–Crippen MR) is 84.8 cm³/mol. The van der Waals surface area contributed by atoms with E-state index in [0.717, 1.165) is 17.5 Å². The van der Waals surface area contributed by atoms with Crippen molar-refractivity contribution in [2.75, 3.05) is 26.3 Å². The van der Waals surface area contributed by atoms with Gasteiger partial charge in [-0.3, -0.25) is 4.68 Å². The fourth-order valence-electron chi connectivity index (χ4n) is 4.16. The smallest absolute Gasteiger partial charge is 0.377 e. The zero-order valence-corrected chi connectivity index (χ0v) is 15.3. The van der Waals surface area contributed by atoms with Gasteiger partial charge in [0.25, 0.3) is 10.0 Å². The maximum atomic E-state index is 12.8. The molecule has 11 heteroatoms. The molecule has 0 aromatic carbocycles. The van der Waals surface area contributed by atoms with Gasteiger partial charge in [0.05, 0.1) is 18.8 Å². The van der Waals surface area contributed by atoms with Gasteiger partial charge in [-0.1, -0.05) is 0 Å². The number of ether oxygens (including phenoxy) is 1. The Morgan fingerprint density at radius 2 is 1.92 bits per heavy atom. The van der Waals surface area contributed by atoms with Gasteiger partial charge < -0.3 is 10.1 Å². The molecule has 7 nitrogen and oxygen atoms in total. The monoisotopic (exact) mass is 394 g/mol. The summed E-state index contributed by atoms with van der Waals surface area (Å²) < 4.78 is 70.8. The van der Waals surface area contributed by atoms with Crippen LogP contribution < -0.4 is 5.32 Å². The van der Waals surface area contributed by atoms with Gasteiger partial charge in [-0.2, -0.15) is 22.6 Å². The van der Waals surface area contributed by atoms with Gasteiger partial charge in [0.2, 0.25) is 0 Å². The molecule has 0 unspecified atom stereocenters. The molecule has 0 radical (unpaired) electrons. The van der Waals surface area contributed by atoms with Gasteiger partial charge in [-0.15, -0.1) is 0 Å². The van der Waals surface area contributed by atoms with E-state index >= 15 is 0 Å². The fraction of sp³-hybridized carbons (Fsp3) is 0.800. The van der Waals surface area contributed by atoms with E-state index in [1.165, 1.54) is 11.4 Å². The molecule has 0 atom stereocenters. The van der Waals surface area contributed by atoms with E-state index in [4.69, 9.17) is 4.74 Å². The third-order valence-corrected chi connectivity index (χ3v) is 7.36. The summed E-state index contributed by atoms with van der Waals surface area (Å²) in [6.07, 6.45) is -2.93. The number of nitrogens with one attached hydrogen (secondary N) is 1. The topological polar surface area (TPSA) is 76.5 Å². The van der Waals surface area contributed by atoms with Gasteiger partial charge in [0.15, 0.2) is 10.7 Å². The molecular formula is C15H21F3N4O3S. The lowest BCUT2D eigenvalue weighted by atomic mass is 9.61. The van der Waals surface area contributed by atoms with Crippen LogP contribution in [0.25, 0.3) is 0 Å². The number of sulfonamides is 1. The molecule has 3 fully saturated rings. The highest BCUT2D eigenvalue weighted by Crippen LogP contribution is 2.50. The minimum atomic E-state index is -4.67. The van der Waals surface area contributed by atoms with Crippen LogP contribution in [-0.2, 0) is 28.0 Å². The van der Waals surface area contributed by atoms with Crippen molar-refractivity contribution in [3.05, 3.63) is 11.8 Å². The third kappa shape index (κ3) is 2.85. The molecule has 1 aliphatic carbocycles. The average molecular weight is 394 g/mol. The van der Waals surface area contributed by atoms with E-state index in [2.05, 4.69) is 17.3 Å². The Balaban J connectivity index is 1.39. The lowest BCUT2D eigenvalue weighted by Gasteiger charge is -2.60. The molecule has 3 aliphatic rings. The molecule has 2 saturated heterocycles. The molecule has 4 rings (SSSR count). The van der Waals surface area contributed by atoms with Crippen molar-refractivity contribution in [1.82, 2.24) is 19.4 Å². The minimum absolute atomic E-state index is 0.00446. The molecular weight excluding hydrogens is 373 g/mol. The van der Waals surface area contributed by atoms with E-state index in [9.17, 15) is 21.6 Å². The SMILES string of the molecule is Cn1nc(C(F)(F)F)cc1S(=O)(=O)N1CC2(CC(NC3(C)COC3)C2)C1. The highest BCUT2D eigenvalue weighted by Gasteiger charge is 2.57. The quantitative estimate of drug-likeness (QED) is 0.824. The van der Waals surface area contributed by atoms with Crippen LogP contribution in [0.2, 0.25) is 0 Å². The Hall–Kier alpha value is -1.17. The number of alkyl halides is 3. The summed E-state index contributed by atoms with van der Waals surface area (Å²) in [5.41, 5.74) is -1.25. The van der Waals surface area contributed by atoms with Crippen LogP contribution in [0, 0.1) is 5.41 Å². The van der Waals surface area contributed by atoms with Crippen molar-refractivity contribution in [1.29, 1.82) is 0 Å². The van der Waals surface area contributed by atoms with Crippen LogP contribution in [-0.4, -0.2) is 60.4 Å². The third-order valence-electron chi connectivity index (χ3n) is 5.51. The first-order valence-corrected chi connectivity index (χ1v) is 9.84. The Bertz CT molecular complexity index is 818. The van der Waals surface area contributed by atoms with Gasteiger partial charge >= 0.3 is 6.18 Å². The number of aromatic nitrogens is 2. The number of hydrogen-bond donors (Lipinski definition) is 1. The molecule has 1 aromatic rings. The summed E-state index contributed by atoms with van der Waals surface area (Å²) in [7, 11) is -2.76. The summed E-state index contributed by atoms with van der Waals surface area (Å²) in [5.74, 6) is 0. The number of aryl methyl sites for hydroxylation is 1. The standard InChI is InChI=1S/C15H21F3N4O3S/c1-13(8-25-9-13)19-10-4-14(5-10)6-22(7-14)26(23,24)12-3-11(15(16,17)18)20-21(12)2/h3,10,19H,4-9H2,1-2H3. The Morgan fingerprint density at radius 1 is 1.31 bits per heavy atom. The van der Waals surface area contributed by atoms with E-state index in [1.807, 2.05) is 0 Å². The first-order valence-electron chi connectivity index (χ1n) is 8.40. The van der Waals surface area contributed by atoms with Gasteiger partial charge in [-0.25, -0.2) is 8.42 Å². The van der Waals surface area contributed by atoms with Gasteiger partial charge in [-0.05, 0) is 19.8 Å². The van der Waals surface area contributed by atoms with Crippen molar-refractivity contribution < 1.29 is 26.3 Å². The Kier molecular flexibility index (Phi) is 3.80. The van der Waals surface area contributed by atoms with Crippen LogP contribution in [0.15, 0.2) is 11.1 Å². The fourth-order valence-corrected chi connectivity index (χ4v) is 5.95. The second kappa shape index (κ2) is 5.43. The molecule has 3 heterocycles. The van der Waals surface area contributed by atoms with Crippen molar-refractivity contribution in [3.8, 4) is 0 Å². The molecule has 146 valence electrons. The number of halogens is 3. The van der Waals surface area contributed by atoms with Crippen molar-refractivity contribution in [2.45, 2.75) is 42.5 Å². The number of nitrogens with zero attached hydrogens (tertiary/aromatic N) is 3. The zero-order valence-electron chi connectivity index (χ0n) is 14.5. The largest absolute Gasteiger partial charge is 0.435 e. The molecule has 26 heavy (non-hydrogen) atoms. The van der Waals surface area contributed by atoms with E-state index in [1.54, 1.807) is 0 Å². The predicted octanol–water partition coefficient (Wildman–Crippen LogP) is 0.970. The molecule has 1 aromatic heterocycles. The second-order valence-corrected chi connectivity index (χ2v) is 9.95. The van der Waals surface area contributed by atoms with Crippen LogP contribution in [0.3, 0.4) is 0 Å². The average Bonchev–Trinajstić information content (AvgIpc) is 2.80. The molecule has 0 bridgehead atoms. The first kappa shape index (κ1) is 18.2.